The van der Waals surface area contributed by atoms with Crippen LogP contribution in [0.1, 0.15) is 53.0 Å². The molecule has 1 atom stereocenters. The van der Waals surface area contributed by atoms with Crippen LogP contribution in [0.2, 0.25) is 0 Å². The van der Waals surface area contributed by atoms with Gasteiger partial charge in [0.1, 0.15) is 18.4 Å². The van der Waals surface area contributed by atoms with Gasteiger partial charge < -0.3 is 19.9 Å². The molecule has 2 N–H and O–H groups in total. The molecule has 5 aromatic rings. The molecule has 284 valence electrons. The number of carbonyl (C=O) groups excluding carboxylic acids is 5. The molecule has 3 aromatic carbocycles. The van der Waals surface area contributed by atoms with E-state index in [-0.39, 0.29) is 36.3 Å². The minimum absolute atomic E-state index is 0.0315. The number of imide groups is 2. The van der Waals surface area contributed by atoms with Gasteiger partial charge in [0.05, 0.1) is 23.0 Å². The maximum Gasteiger partial charge on any atom is 0.266 e. The van der Waals surface area contributed by atoms with Crippen molar-refractivity contribution in [3.8, 4) is 17.0 Å². The van der Waals surface area contributed by atoms with E-state index in [9.17, 15) is 24.0 Å². The number of likely N-dealkylation sites (N-methyl/N-ethyl adjacent to an activating group) is 1. The molecule has 14 nitrogen and oxygen atoms in total. The number of rotatable bonds is 8. The quantitative estimate of drug-likeness (QED) is 0.165. The summed E-state index contributed by atoms with van der Waals surface area (Å²) in [5, 5.41) is 5.56. The molecule has 8 rings (SSSR count). The van der Waals surface area contributed by atoms with Gasteiger partial charge in [-0.15, -0.1) is 0 Å². The lowest BCUT2D eigenvalue weighted by atomic mass is 10.0. The highest BCUT2D eigenvalue weighted by molar-refractivity contribution is 6.24. The molecular weight excluding hydrogens is 701 g/mol. The summed E-state index contributed by atoms with van der Waals surface area (Å²) in [6.07, 6.45) is 6.37. The first kappa shape index (κ1) is 38.3. The van der Waals surface area contributed by atoms with E-state index in [1.165, 1.54) is 29.4 Å². The molecule has 3 aliphatic heterocycles. The molecule has 0 aliphatic carbocycles. The van der Waals surface area contributed by atoms with Crippen LogP contribution in [0.15, 0.2) is 85.3 Å². The Labute approximate surface area is 319 Å². The summed E-state index contributed by atoms with van der Waals surface area (Å²) < 4.78 is 7.26. The van der Waals surface area contributed by atoms with Crippen molar-refractivity contribution in [2.24, 2.45) is 0 Å². The molecule has 2 saturated heterocycles. The number of anilines is 3. The van der Waals surface area contributed by atoms with Gasteiger partial charge in [-0.05, 0) is 62.9 Å². The van der Waals surface area contributed by atoms with Gasteiger partial charge in [-0.25, -0.2) is 9.97 Å². The second kappa shape index (κ2) is 17.2. The summed E-state index contributed by atoms with van der Waals surface area (Å²) in [6.45, 7) is 10.2. The monoisotopic (exact) mass is 744 g/mol. The Morgan fingerprint density at radius 3 is 2.38 bits per heavy atom. The molecular formula is C41H44N8O6. The zero-order valence-corrected chi connectivity index (χ0v) is 31.3. The predicted molar refractivity (Wildman–Crippen MR) is 209 cm³/mol. The summed E-state index contributed by atoms with van der Waals surface area (Å²) in [5.41, 5.74) is 6.62. The Hall–Kier alpha value is -6.41. The number of carbonyl (C=O) groups is 5. The number of imidazole rings is 1. The van der Waals surface area contributed by atoms with Crippen LogP contribution in [0.4, 0.5) is 17.2 Å². The zero-order valence-electron chi connectivity index (χ0n) is 31.3. The van der Waals surface area contributed by atoms with Crippen molar-refractivity contribution in [3.05, 3.63) is 102 Å². The number of hydrogen-bond acceptors (Lipinski definition) is 11. The lowest BCUT2D eigenvalue weighted by Crippen LogP contribution is -2.54. The first-order valence-corrected chi connectivity index (χ1v) is 18.3. The topological polar surface area (TPSA) is 159 Å². The average molecular weight is 745 g/mol. The standard InChI is InChI=1S/C24H26N6.C15H12N2O6.C2H6/c1-18-4-3-5-19(16-18)22-17-26-23(24-25-10-11-30(22)24)27-20-6-8-21(9-7-20)29-14-12-28(2)13-15-29;18-6-7-23-10-3-1-2-8-12(10)15(22)17(14(8)21)9-4-5-11(19)16-13(9)20;1-2/h3-11,16-17H,12-15H2,1-2H3,(H,26,27);1-3,6,9H,4-5,7H2,(H,16,19,20);1-2H3. The van der Waals surface area contributed by atoms with Crippen LogP contribution in [0.3, 0.4) is 0 Å². The number of amides is 4. The highest BCUT2D eigenvalue weighted by atomic mass is 16.5. The Kier molecular flexibility index (Phi) is 12.0. The number of fused-ring (bicyclic) bond motifs is 2. The summed E-state index contributed by atoms with van der Waals surface area (Å²) in [6, 6.07) is 20.5. The van der Waals surface area contributed by atoms with Crippen LogP contribution in [0.25, 0.3) is 16.9 Å². The van der Waals surface area contributed by atoms with Gasteiger partial charge >= 0.3 is 0 Å². The van der Waals surface area contributed by atoms with Crippen molar-refractivity contribution in [1.29, 1.82) is 0 Å². The summed E-state index contributed by atoms with van der Waals surface area (Å²) >= 11 is 0. The number of aryl methyl sites for hydroxylation is 1. The van der Waals surface area contributed by atoms with Gasteiger partial charge in [0.15, 0.2) is 17.8 Å². The molecule has 55 heavy (non-hydrogen) atoms. The van der Waals surface area contributed by atoms with E-state index in [4.69, 9.17) is 9.72 Å². The molecule has 0 saturated carbocycles. The van der Waals surface area contributed by atoms with Crippen LogP contribution in [-0.4, -0.2) is 100.0 Å². The maximum absolute atomic E-state index is 12.6. The van der Waals surface area contributed by atoms with E-state index >= 15 is 0 Å². The van der Waals surface area contributed by atoms with Crippen molar-refractivity contribution >= 4 is 52.8 Å². The Morgan fingerprint density at radius 2 is 1.67 bits per heavy atom. The number of benzene rings is 3. The van der Waals surface area contributed by atoms with Crippen LogP contribution in [0.5, 0.6) is 5.75 Å². The van der Waals surface area contributed by atoms with Gasteiger partial charge in [0.25, 0.3) is 11.8 Å². The van der Waals surface area contributed by atoms with Gasteiger partial charge in [-0.3, -0.25) is 38.6 Å². The molecule has 0 bridgehead atoms. The second-order valence-electron chi connectivity index (χ2n) is 13.0. The first-order chi connectivity index (χ1) is 26.7. The fourth-order valence-corrected chi connectivity index (χ4v) is 6.71. The number of nitrogens with one attached hydrogen (secondary N) is 2. The predicted octanol–water partition coefficient (Wildman–Crippen LogP) is 4.89. The van der Waals surface area contributed by atoms with E-state index in [2.05, 4.69) is 92.3 Å². The van der Waals surface area contributed by atoms with Gasteiger partial charge in [-0.2, -0.15) is 0 Å². The molecule has 2 aromatic heterocycles. The normalized spacial score (nSPS) is 16.8. The number of ether oxygens (including phenoxy) is 1. The summed E-state index contributed by atoms with van der Waals surface area (Å²) in [5.74, 6) is -1.52. The first-order valence-electron chi connectivity index (χ1n) is 18.3. The number of aldehydes is 1. The van der Waals surface area contributed by atoms with Crippen LogP contribution in [-0.2, 0) is 14.4 Å². The summed E-state index contributed by atoms with van der Waals surface area (Å²) in [4.78, 5) is 73.5. The number of piperidine rings is 1. The Bertz CT molecular complexity index is 2210. The Morgan fingerprint density at radius 1 is 0.927 bits per heavy atom. The highest BCUT2D eigenvalue weighted by Crippen LogP contribution is 2.33. The molecule has 1 unspecified atom stereocenters. The number of hydrogen-bond donors (Lipinski definition) is 2. The molecule has 0 radical (unpaired) electrons. The van der Waals surface area contributed by atoms with E-state index < -0.39 is 29.7 Å². The largest absolute Gasteiger partial charge is 0.485 e. The van der Waals surface area contributed by atoms with Crippen molar-refractivity contribution in [2.75, 3.05) is 50.1 Å². The third-order valence-electron chi connectivity index (χ3n) is 9.48. The SMILES string of the molecule is CC.Cc1cccc(-c2cnc(Nc3ccc(N4CCN(C)CC4)cc3)c3nccn23)c1.O=CCOc1cccc2c1C(=O)N(C1CCC(=O)NC1=O)C2=O. The third kappa shape index (κ3) is 8.24. The minimum Gasteiger partial charge on any atom is -0.485 e. The minimum atomic E-state index is -1.03. The van der Waals surface area contributed by atoms with Crippen LogP contribution >= 0.6 is 0 Å². The summed E-state index contributed by atoms with van der Waals surface area (Å²) in [7, 11) is 2.18. The third-order valence-corrected chi connectivity index (χ3v) is 9.48. The molecule has 4 amide bonds. The Balaban J connectivity index is 0.000000185. The van der Waals surface area contributed by atoms with Gasteiger partial charge in [0.2, 0.25) is 11.8 Å². The molecule has 14 heteroatoms. The van der Waals surface area contributed by atoms with Gasteiger partial charge in [-0.1, -0.05) is 43.7 Å². The lowest BCUT2D eigenvalue weighted by molar-refractivity contribution is -0.136. The lowest BCUT2D eigenvalue weighted by Gasteiger charge is -2.34. The van der Waals surface area contributed by atoms with Crippen molar-refractivity contribution in [2.45, 2.75) is 39.7 Å². The van der Waals surface area contributed by atoms with E-state index in [1.807, 2.05) is 32.4 Å². The number of piperazine rings is 1. The smallest absolute Gasteiger partial charge is 0.266 e. The van der Waals surface area contributed by atoms with Crippen LogP contribution < -0.4 is 20.3 Å². The molecule has 0 spiro atoms. The fraction of sp³-hybridized carbons (Fsp3) is 0.293. The zero-order chi connectivity index (χ0) is 39.1. The molecule has 5 heterocycles. The second-order valence-corrected chi connectivity index (χ2v) is 13.0. The van der Waals surface area contributed by atoms with Crippen molar-refractivity contribution in [1.82, 2.24) is 29.5 Å². The van der Waals surface area contributed by atoms with Crippen LogP contribution in [0, 0.1) is 6.92 Å². The molecule has 2 fully saturated rings. The van der Waals surface area contributed by atoms with Crippen molar-refractivity contribution in [3.63, 3.8) is 0 Å². The molecule has 3 aliphatic rings. The average Bonchev–Trinajstić information content (AvgIpc) is 3.79. The van der Waals surface area contributed by atoms with E-state index in [0.29, 0.717) is 6.29 Å². The van der Waals surface area contributed by atoms with E-state index in [0.717, 1.165) is 59.5 Å². The number of aromatic nitrogens is 3. The highest BCUT2D eigenvalue weighted by Gasteiger charge is 2.46. The van der Waals surface area contributed by atoms with Crippen molar-refractivity contribution < 1.29 is 28.7 Å². The number of nitrogens with zero attached hydrogens (tertiary/aromatic N) is 6. The fourth-order valence-electron chi connectivity index (χ4n) is 6.71. The van der Waals surface area contributed by atoms with E-state index in [1.54, 1.807) is 0 Å². The maximum atomic E-state index is 12.6. The van der Waals surface area contributed by atoms with Gasteiger partial charge in [0, 0.05) is 61.9 Å².